The number of carbonyl (C=O) groups is 1. The quantitative estimate of drug-likeness (QED) is 0.566. The van der Waals surface area contributed by atoms with E-state index in [0.717, 1.165) is 16.8 Å². The van der Waals surface area contributed by atoms with Gasteiger partial charge >= 0.3 is 0 Å². The number of hydrogen-bond acceptors (Lipinski definition) is 5. The van der Waals surface area contributed by atoms with Crippen LogP contribution in [0, 0.1) is 0 Å². The summed E-state index contributed by atoms with van der Waals surface area (Å²) in [4.78, 5) is 20.6. The molecule has 4 aromatic rings. The van der Waals surface area contributed by atoms with Crippen molar-refractivity contribution in [1.29, 1.82) is 0 Å². The van der Waals surface area contributed by atoms with Crippen molar-refractivity contribution >= 4 is 5.91 Å². The molecule has 0 fully saturated rings. The summed E-state index contributed by atoms with van der Waals surface area (Å²) in [6.45, 7) is 0.356. The van der Waals surface area contributed by atoms with Crippen LogP contribution in [0.4, 0.5) is 0 Å². The topological polar surface area (TPSA) is 90.5 Å². The number of para-hydroxylation sites is 1. The predicted octanol–water partition coefficient (Wildman–Crippen LogP) is 1.71. The van der Waals surface area contributed by atoms with E-state index in [1.807, 2.05) is 48.7 Å². The van der Waals surface area contributed by atoms with E-state index in [4.69, 9.17) is 0 Å². The molecule has 134 valence electrons. The second-order valence-electron chi connectivity index (χ2n) is 5.91. The molecule has 0 aliphatic carbocycles. The molecule has 0 spiro atoms. The third kappa shape index (κ3) is 3.90. The molecule has 3 heterocycles. The second-order valence-corrected chi connectivity index (χ2v) is 5.91. The van der Waals surface area contributed by atoms with Gasteiger partial charge < -0.3 is 5.32 Å². The fourth-order valence-electron chi connectivity index (χ4n) is 2.71. The number of pyridine rings is 1. The smallest absolute Gasteiger partial charge is 0.224 e. The number of carbonyl (C=O) groups excluding carboxylic acids is 1. The Morgan fingerprint density at radius 1 is 1.04 bits per heavy atom. The number of benzene rings is 1. The average molecular weight is 359 g/mol. The summed E-state index contributed by atoms with van der Waals surface area (Å²) >= 11 is 0. The average Bonchev–Trinajstić information content (AvgIpc) is 3.40. The fourth-order valence-corrected chi connectivity index (χ4v) is 2.71. The van der Waals surface area contributed by atoms with E-state index >= 15 is 0 Å². The van der Waals surface area contributed by atoms with Gasteiger partial charge in [0.15, 0.2) is 5.82 Å². The highest BCUT2D eigenvalue weighted by Gasteiger charge is 2.10. The normalized spacial score (nSPS) is 10.7. The summed E-state index contributed by atoms with van der Waals surface area (Å²) in [7, 11) is 0. The van der Waals surface area contributed by atoms with Gasteiger partial charge in [-0.3, -0.25) is 4.79 Å². The van der Waals surface area contributed by atoms with Gasteiger partial charge in [0.25, 0.3) is 0 Å². The molecule has 0 radical (unpaired) electrons. The van der Waals surface area contributed by atoms with Crippen LogP contribution in [0.15, 0.2) is 73.7 Å². The lowest BCUT2D eigenvalue weighted by Crippen LogP contribution is -2.25. The molecule has 0 bridgehead atoms. The number of aromatic nitrogens is 6. The van der Waals surface area contributed by atoms with Gasteiger partial charge in [-0.25, -0.2) is 19.3 Å². The van der Waals surface area contributed by atoms with E-state index in [-0.39, 0.29) is 12.3 Å². The monoisotopic (exact) mass is 359 g/mol. The maximum absolute atomic E-state index is 12.3. The Balaban J connectivity index is 1.39. The van der Waals surface area contributed by atoms with Crippen LogP contribution in [0.3, 0.4) is 0 Å². The number of nitrogens with one attached hydrogen (secondary N) is 1. The molecule has 8 heteroatoms. The van der Waals surface area contributed by atoms with E-state index in [2.05, 4.69) is 25.5 Å². The third-order valence-electron chi connectivity index (χ3n) is 4.00. The van der Waals surface area contributed by atoms with E-state index in [0.29, 0.717) is 12.4 Å². The van der Waals surface area contributed by atoms with Crippen molar-refractivity contribution < 1.29 is 4.79 Å². The zero-order valence-electron chi connectivity index (χ0n) is 14.4. The molecular formula is C19H17N7O. The molecule has 0 aliphatic heterocycles. The largest absolute Gasteiger partial charge is 0.352 e. The Kier molecular flexibility index (Phi) is 4.69. The first-order chi connectivity index (χ1) is 13.3. The molecular weight excluding hydrogens is 342 g/mol. The SMILES string of the molecule is O=C(Cc1cnn(-c2ccccc2)c1)NCc1cccnc1-n1cncn1. The Morgan fingerprint density at radius 3 is 2.74 bits per heavy atom. The molecule has 1 amide bonds. The lowest BCUT2D eigenvalue weighted by molar-refractivity contribution is -0.120. The maximum Gasteiger partial charge on any atom is 0.224 e. The zero-order valence-corrected chi connectivity index (χ0v) is 14.4. The molecule has 0 aliphatic rings. The minimum absolute atomic E-state index is 0.0870. The number of rotatable bonds is 6. The number of amides is 1. The summed E-state index contributed by atoms with van der Waals surface area (Å²) in [5.41, 5.74) is 2.66. The van der Waals surface area contributed by atoms with Crippen molar-refractivity contribution in [1.82, 2.24) is 34.8 Å². The lowest BCUT2D eigenvalue weighted by atomic mass is 10.2. The first-order valence-corrected chi connectivity index (χ1v) is 8.44. The van der Waals surface area contributed by atoms with Gasteiger partial charge in [0.2, 0.25) is 5.91 Å². The molecule has 0 unspecified atom stereocenters. The van der Waals surface area contributed by atoms with Crippen LogP contribution in [-0.2, 0) is 17.8 Å². The first kappa shape index (κ1) is 16.6. The first-order valence-electron chi connectivity index (χ1n) is 8.44. The van der Waals surface area contributed by atoms with E-state index in [9.17, 15) is 4.79 Å². The predicted molar refractivity (Wildman–Crippen MR) is 98.3 cm³/mol. The molecule has 3 aromatic heterocycles. The highest BCUT2D eigenvalue weighted by atomic mass is 16.1. The molecule has 0 saturated carbocycles. The molecule has 1 aromatic carbocycles. The minimum atomic E-state index is -0.0870. The van der Waals surface area contributed by atoms with Gasteiger partial charge in [-0.05, 0) is 23.8 Å². The van der Waals surface area contributed by atoms with Gasteiger partial charge in [-0.2, -0.15) is 10.2 Å². The number of hydrogen-bond donors (Lipinski definition) is 1. The Bertz CT molecular complexity index is 1030. The lowest BCUT2D eigenvalue weighted by Gasteiger charge is -2.09. The highest BCUT2D eigenvalue weighted by Crippen LogP contribution is 2.10. The molecule has 27 heavy (non-hydrogen) atoms. The van der Waals surface area contributed by atoms with Gasteiger partial charge in [-0.1, -0.05) is 24.3 Å². The van der Waals surface area contributed by atoms with Gasteiger partial charge in [0.1, 0.15) is 12.7 Å². The second kappa shape index (κ2) is 7.61. The van der Waals surface area contributed by atoms with E-state index < -0.39 is 0 Å². The van der Waals surface area contributed by atoms with Crippen molar-refractivity contribution in [3.63, 3.8) is 0 Å². The fraction of sp³-hybridized carbons (Fsp3) is 0.105. The third-order valence-corrected chi connectivity index (χ3v) is 4.00. The Hall–Kier alpha value is -3.81. The van der Waals surface area contributed by atoms with Crippen molar-refractivity contribution in [2.24, 2.45) is 0 Å². The van der Waals surface area contributed by atoms with Crippen molar-refractivity contribution in [3.05, 3.63) is 84.8 Å². The molecule has 8 nitrogen and oxygen atoms in total. The van der Waals surface area contributed by atoms with Crippen LogP contribution in [-0.4, -0.2) is 35.4 Å². The standard InChI is InChI=1S/C19H17N7O/c27-18(9-15-10-23-25(12-15)17-6-2-1-3-7-17)22-11-16-5-4-8-21-19(16)26-14-20-13-24-26/h1-8,10,12-14H,9,11H2,(H,22,27). The van der Waals surface area contributed by atoms with E-state index in [1.54, 1.807) is 28.1 Å². The number of nitrogens with zero attached hydrogens (tertiary/aromatic N) is 6. The van der Waals surface area contributed by atoms with Gasteiger partial charge in [0.05, 0.1) is 18.3 Å². The summed E-state index contributed by atoms with van der Waals surface area (Å²) in [5, 5.41) is 11.3. The van der Waals surface area contributed by atoms with Crippen LogP contribution in [0.2, 0.25) is 0 Å². The van der Waals surface area contributed by atoms with Crippen LogP contribution >= 0.6 is 0 Å². The van der Waals surface area contributed by atoms with Gasteiger partial charge in [0, 0.05) is 24.5 Å². The van der Waals surface area contributed by atoms with Crippen LogP contribution < -0.4 is 5.32 Å². The molecule has 0 saturated heterocycles. The Morgan fingerprint density at radius 2 is 1.93 bits per heavy atom. The Labute approximate surface area is 155 Å². The van der Waals surface area contributed by atoms with E-state index in [1.165, 1.54) is 6.33 Å². The summed E-state index contributed by atoms with van der Waals surface area (Å²) in [6, 6.07) is 13.5. The molecule has 4 rings (SSSR count). The van der Waals surface area contributed by atoms with Crippen molar-refractivity contribution in [2.45, 2.75) is 13.0 Å². The summed E-state index contributed by atoms with van der Waals surface area (Å²) in [6.07, 6.45) is 8.52. The minimum Gasteiger partial charge on any atom is -0.352 e. The van der Waals surface area contributed by atoms with Gasteiger partial charge in [-0.15, -0.1) is 0 Å². The maximum atomic E-state index is 12.3. The zero-order chi connectivity index (χ0) is 18.5. The highest BCUT2D eigenvalue weighted by molar-refractivity contribution is 5.78. The summed E-state index contributed by atoms with van der Waals surface area (Å²) < 4.78 is 3.33. The molecule has 0 atom stereocenters. The van der Waals surface area contributed by atoms with Crippen molar-refractivity contribution in [2.75, 3.05) is 0 Å². The van der Waals surface area contributed by atoms with Crippen LogP contribution in [0.1, 0.15) is 11.1 Å². The van der Waals surface area contributed by atoms with Crippen molar-refractivity contribution in [3.8, 4) is 11.5 Å². The summed E-state index contributed by atoms with van der Waals surface area (Å²) in [5.74, 6) is 0.559. The van der Waals surface area contributed by atoms with Crippen LogP contribution in [0.25, 0.3) is 11.5 Å². The van der Waals surface area contributed by atoms with Crippen LogP contribution in [0.5, 0.6) is 0 Å². The molecule has 1 N–H and O–H groups in total.